The molecule has 0 spiro atoms. The van der Waals surface area contributed by atoms with Gasteiger partial charge in [-0.2, -0.15) is 8.42 Å². The zero-order valence-electron chi connectivity index (χ0n) is 22.5. The zero-order valence-corrected chi connectivity index (χ0v) is 24.1. The molecule has 2 aromatic rings. The number of rotatable bonds is 4. The average molecular weight is 597 g/mol. The maximum absolute atomic E-state index is 15.3. The summed E-state index contributed by atoms with van der Waals surface area (Å²) >= 11 is 6.81. The minimum Gasteiger partial charge on any atom is -0.489 e. The van der Waals surface area contributed by atoms with Gasteiger partial charge in [-0.15, -0.1) is 0 Å². The van der Waals surface area contributed by atoms with Crippen molar-refractivity contribution in [2.75, 3.05) is 43.9 Å². The third kappa shape index (κ3) is 5.06. The fourth-order valence-electron chi connectivity index (χ4n) is 5.69. The van der Waals surface area contributed by atoms with E-state index in [0.717, 1.165) is 6.26 Å². The van der Waals surface area contributed by atoms with Gasteiger partial charge in [0.15, 0.2) is 5.75 Å². The number of carboxylic acid groups (broad SMARTS) is 1. The first kappa shape index (κ1) is 28.4. The van der Waals surface area contributed by atoms with Crippen LogP contribution in [0.3, 0.4) is 0 Å². The fourth-order valence-corrected chi connectivity index (χ4v) is 6.61. The quantitative estimate of drug-likeness (QED) is 0.528. The molecule has 1 aromatic heterocycles. The molecule has 216 valence electrons. The molecule has 4 heterocycles. The number of hydrogen-bond acceptors (Lipinski definition) is 8. The number of fused-ring (bicyclic) bond motifs is 2. The number of aromatic nitrogens is 1. The van der Waals surface area contributed by atoms with Crippen molar-refractivity contribution in [3.05, 3.63) is 40.2 Å². The van der Waals surface area contributed by atoms with Crippen molar-refractivity contribution in [3.8, 4) is 17.0 Å². The van der Waals surface area contributed by atoms with Crippen LogP contribution in [-0.4, -0.2) is 97.0 Å². The first-order valence-corrected chi connectivity index (χ1v) is 14.9. The van der Waals surface area contributed by atoms with Gasteiger partial charge in [0.2, 0.25) is 0 Å². The van der Waals surface area contributed by atoms with Gasteiger partial charge in [-0.25, -0.2) is 14.2 Å². The van der Waals surface area contributed by atoms with Crippen molar-refractivity contribution in [2.45, 2.75) is 44.9 Å². The van der Waals surface area contributed by atoms with Gasteiger partial charge in [0.1, 0.15) is 28.8 Å². The summed E-state index contributed by atoms with van der Waals surface area (Å²) in [6.07, 6.45) is -0.530. The van der Waals surface area contributed by atoms with Crippen LogP contribution in [-0.2, 0) is 14.3 Å². The van der Waals surface area contributed by atoms with Crippen LogP contribution in [0.2, 0.25) is 5.02 Å². The van der Waals surface area contributed by atoms with E-state index in [4.69, 9.17) is 25.5 Å². The van der Waals surface area contributed by atoms with E-state index in [9.17, 15) is 23.1 Å². The summed E-state index contributed by atoms with van der Waals surface area (Å²) in [4.78, 5) is 35.0. The number of pyridine rings is 1. The second-order valence-corrected chi connectivity index (χ2v) is 13.0. The number of amides is 2. The van der Waals surface area contributed by atoms with E-state index in [1.54, 1.807) is 28.9 Å². The first-order valence-electron chi connectivity index (χ1n) is 12.7. The van der Waals surface area contributed by atoms with Crippen molar-refractivity contribution in [3.63, 3.8) is 0 Å². The van der Waals surface area contributed by atoms with Crippen LogP contribution in [0.25, 0.3) is 11.3 Å². The molecule has 5 rings (SSSR count). The second kappa shape index (κ2) is 10.0. The zero-order chi connectivity index (χ0) is 29.1. The fraction of sp³-hybridized carbons (Fsp3) is 0.500. The predicted molar refractivity (Wildman–Crippen MR) is 145 cm³/mol. The van der Waals surface area contributed by atoms with Crippen LogP contribution in [0, 0.1) is 12.7 Å². The predicted octanol–water partition coefficient (Wildman–Crippen LogP) is 3.38. The van der Waals surface area contributed by atoms with Gasteiger partial charge >= 0.3 is 6.09 Å². The molecule has 2 amide bonds. The summed E-state index contributed by atoms with van der Waals surface area (Å²) in [7, 11) is -3.76. The van der Waals surface area contributed by atoms with Gasteiger partial charge in [0, 0.05) is 37.3 Å². The summed E-state index contributed by atoms with van der Waals surface area (Å²) in [6.45, 7) is 5.69. The topological polar surface area (TPSA) is 130 Å². The number of aryl methyl sites for hydroxylation is 1. The standard InChI is InChI=1S/C26H30ClFN4O7S/c1-14-6-5-7-17(20(14)28)21-19(27)22-18(24(33)31-9-8-30(25(34)35)11-15(31)13-38-22)23(29-21)32-12-16(10-26(32,2)3)39-40(4,36)37/h5-7,15-16H,8-13H2,1-4H3,(H,34,35)/t15-,16?/m1/s1. The molecule has 0 aliphatic carbocycles. The highest BCUT2D eigenvalue weighted by Gasteiger charge is 2.46. The van der Waals surface area contributed by atoms with Gasteiger partial charge in [0.25, 0.3) is 16.0 Å². The number of piperazine rings is 1. The summed E-state index contributed by atoms with van der Waals surface area (Å²) in [5.74, 6) is -0.805. The Morgan fingerprint density at radius 1 is 1.27 bits per heavy atom. The van der Waals surface area contributed by atoms with Gasteiger partial charge in [-0.3, -0.25) is 8.98 Å². The molecule has 1 aromatic carbocycles. The second-order valence-electron chi connectivity index (χ2n) is 11.0. The molecule has 2 fully saturated rings. The van der Waals surface area contributed by atoms with Gasteiger partial charge in [0.05, 0.1) is 24.1 Å². The lowest BCUT2D eigenvalue weighted by Crippen LogP contribution is -2.57. The highest BCUT2D eigenvalue weighted by Crippen LogP contribution is 2.47. The molecular formula is C26H30ClFN4O7S. The normalized spacial score (nSPS) is 22.4. The first-order chi connectivity index (χ1) is 18.7. The Balaban J connectivity index is 1.69. The number of nitrogens with zero attached hydrogens (tertiary/aromatic N) is 4. The maximum Gasteiger partial charge on any atom is 0.407 e. The summed E-state index contributed by atoms with van der Waals surface area (Å²) in [6, 6.07) is 4.23. The Labute approximate surface area is 236 Å². The van der Waals surface area contributed by atoms with Crippen molar-refractivity contribution in [1.82, 2.24) is 14.8 Å². The Morgan fingerprint density at radius 2 is 2.00 bits per heavy atom. The van der Waals surface area contributed by atoms with Crippen LogP contribution in [0.4, 0.5) is 15.0 Å². The molecule has 2 saturated heterocycles. The van der Waals surface area contributed by atoms with Gasteiger partial charge < -0.3 is 24.5 Å². The molecule has 0 radical (unpaired) electrons. The van der Waals surface area contributed by atoms with Crippen LogP contribution in [0.5, 0.6) is 5.75 Å². The van der Waals surface area contributed by atoms with E-state index in [1.807, 2.05) is 13.8 Å². The summed E-state index contributed by atoms with van der Waals surface area (Å²) < 4.78 is 50.6. The average Bonchev–Trinajstić information content (AvgIpc) is 3.06. The van der Waals surface area contributed by atoms with Gasteiger partial charge in [-0.05, 0) is 38.8 Å². The third-order valence-electron chi connectivity index (χ3n) is 7.58. The Morgan fingerprint density at radius 3 is 2.67 bits per heavy atom. The molecule has 1 N–H and O–H groups in total. The molecule has 40 heavy (non-hydrogen) atoms. The van der Waals surface area contributed by atoms with Crippen LogP contribution >= 0.6 is 11.6 Å². The number of hydrogen-bond donors (Lipinski definition) is 1. The lowest BCUT2D eigenvalue weighted by atomic mass is 9.99. The van der Waals surface area contributed by atoms with E-state index in [-0.39, 0.29) is 66.2 Å². The lowest BCUT2D eigenvalue weighted by Gasteiger charge is -2.39. The molecule has 11 nitrogen and oxygen atoms in total. The van der Waals surface area contributed by atoms with E-state index in [2.05, 4.69) is 0 Å². The molecule has 2 atom stereocenters. The summed E-state index contributed by atoms with van der Waals surface area (Å²) in [5.41, 5.74) is -0.107. The van der Waals surface area contributed by atoms with Gasteiger partial charge in [-0.1, -0.05) is 23.7 Å². The largest absolute Gasteiger partial charge is 0.489 e. The number of benzene rings is 1. The molecule has 3 aliphatic heterocycles. The van der Waals surface area contributed by atoms with Crippen molar-refractivity contribution < 1.29 is 36.4 Å². The SMILES string of the molecule is Cc1cccc(-c2nc(N3CC(OS(C)(=O)=O)CC3(C)C)c3c(c2Cl)OC[C@H]2CN(C(=O)O)CCN2C3=O)c1F. The molecule has 14 heteroatoms. The number of carbonyl (C=O) groups is 2. The molecule has 0 bridgehead atoms. The molecule has 3 aliphatic rings. The van der Waals surface area contributed by atoms with Crippen molar-refractivity contribution >= 4 is 39.5 Å². The number of carbonyl (C=O) groups excluding carboxylic acids is 1. The Kier molecular flexibility index (Phi) is 7.12. The van der Waals surface area contributed by atoms with E-state index in [1.165, 1.54) is 11.0 Å². The molecular weight excluding hydrogens is 567 g/mol. The monoisotopic (exact) mass is 596 g/mol. The minimum atomic E-state index is -3.76. The highest BCUT2D eigenvalue weighted by molar-refractivity contribution is 7.86. The minimum absolute atomic E-state index is 0.0205. The number of ether oxygens (including phenoxy) is 1. The molecule has 1 unspecified atom stereocenters. The van der Waals surface area contributed by atoms with E-state index in [0.29, 0.717) is 12.0 Å². The smallest absolute Gasteiger partial charge is 0.407 e. The van der Waals surface area contributed by atoms with Crippen LogP contribution < -0.4 is 9.64 Å². The highest BCUT2D eigenvalue weighted by atomic mass is 35.5. The maximum atomic E-state index is 15.3. The summed E-state index contributed by atoms with van der Waals surface area (Å²) in [5, 5.41) is 9.45. The van der Waals surface area contributed by atoms with Crippen LogP contribution in [0.15, 0.2) is 18.2 Å². The van der Waals surface area contributed by atoms with E-state index >= 15 is 4.39 Å². The molecule has 0 saturated carbocycles. The third-order valence-corrected chi connectivity index (χ3v) is 8.55. The van der Waals surface area contributed by atoms with E-state index < -0.39 is 45.6 Å². The number of halogens is 2. The lowest BCUT2D eigenvalue weighted by molar-refractivity contribution is 0.0390. The van der Waals surface area contributed by atoms with Crippen LogP contribution in [0.1, 0.15) is 36.2 Å². The number of anilines is 1. The van der Waals surface area contributed by atoms with Crippen molar-refractivity contribution in [1.29, 1.82) is 0 Å². The van der Waals surface area contributed by atoms with Crippen molar-refractivity contribution in [2.24, 2.45) is 0 Å². The Bertz CT molecular complexity index is 1500. The Hall–Kier alpha value is -3.16.